The molecule has 104 valence electrons. The van der Waals surface area contributed by atoms with Crippen LogP contribution in [0.5, 0.6) is 0 Å². The van der Waals surface area contributed by atoms with Gasteiger partial charge < -0.3 is 10.6 Å². The number of nitrogens with one attached hydrogen (secondary N) is 2. The van der Waals surface area contributed by atoms with Crippen LogP contribution in [-0.2, 0) is 0 Å². The van der Waals surface area contributed by atoms with E-state index in [1.807, 2.05) is 30.3 Å². The minimum absolute atomic E-state index is 0.182. The van der Waals surface area contributed by atoms with E-state index in [1.54, 1.807) is 31.7 Å². The van der Waals surface area contributed by atoms with Gasteiger partial charge in [0.2, 0.25) is 0 Å². The molecule has 0 spiro atoms. The van der Waals surface area contributed by atoms with Crippen LogP contribution in [0.15, 0.2) is 55.0 Å². The Morgan fingerprint density at radius 3 is 2.81 bits per heavy atom. The Bertz CT molecular complexity index is 796. The highest BCUT2D eigenvalue weighted by molar-refractivity contribution is 6.11. The largest absolute Gasteiger partial charge is 0.386 e. The summed E-state index contributed by atoms with van der Waals surface area (Å²) >= 11 is 0. The van der Waals surface area contributed by atoms with Crippen LogP contribution in [0.2, 0.25) is 0 Å². The van der Waals surface area contributed by atoms with Gasteiger partial charge in [0.15, 0.2) is 0 Å². The van der Waals surface area contributed by atoms with Crippen molar-refractivity contribution in [3.05, 3.63) is 60.6 Å². The molecule has 2 heterocycles. The second-order valence-electron chi connectivity index (χ2n) is 4.50. The van der Waals surface area contributed by atoms with E-state index in [0.717, 1.165) is 16.6 Å². The predicted octanol–water partition coefficient (Wildman–Crippen LogP) is 2.92. The van der Waals surface area contributed by atoms with Crippen molar-refractivity contribution >= 4 is 28.2 Å². The maximum absolute atomic E-state index is 12.4. The number of nitrogens with zero attached hydrogens (tertiary/aromatic N) is 2. The predicted molar refractivity (Wildman–Crippen MR) is 83.5 cm³/mol. The van der Waals surface area contributed by atoms with Gasteiger partial charge in [-0.1, -0.05) is 6.07 Å². The molecule has 0 aliphatic rings. The molecular formula is C16H14N4O. The molecule has 2 aromatic heterocycles. The number of carbonyl (C=O) groups excluding carboxylic acids is 1. The van der Waals surface area contributed by atoms with Gasteiger partial charge >= 0.3 is 0 Å². The van der Waals surface area contributed by atoms with E-state index in [9.17, 15) is 4.79 Å². The van der Waals surface area contributed by atoms with E-state index in [-0.39, 0.29) is 5.91 Å². The third-order valence-electron chi connectivity index (χ3n) is 3.23. The lowest BCUT2D eigenvalue weighted by Gasteiger charge is -2.10. The maximum atomic E-state index is 12.4. The van der Waals surface area contributed by atoms with Crippen molar-refractivity contribution in [1.29, 1.82) is 0 Å². The van der Waals surface area contributed by atoms with Gasteiger partial charge in [0, 0.05) is 24.8 Å². The van der Waals surface area contributed by atoms with Gasteiger partial charge in [0.1, 0.15) is 0 Å². The molecule has 0 unspecified atom stereocenters. The molecule has 1 amide bonds. The molecule has 0 atom stereocenters. The number of hydrogen-bond acceptors (Lipinski definition) is 4. The Morgan fingerprint density at radius 1 is 1.05 bits per heavy atom. The van der Waals surface area contributed by atoms with E-state index >= 15 is 0 Å². The van der Waals surface area contributed by atoms with E-state index in [4.69, 9.17) is 0 Å². The van der Waals surface area contributed by atoms with Crippen molar-refractivity contribution in [1.82, 2.24) is 9.97 Å². The van der Waals surface area contributed by atoms with Crippen molar-refractivity contribution in [3.8, 4) is 0 Å². The van der Waals surface area contributed by atoms with E-state index < -0.39 is 0 Å². The smallest absolute Gasteiger partial charge is 0.257 e. The molecule has 0 aliphatic carbocycles. The summed E-state index contributed by atoms with van der Waals surface area (Å²) < 4.78 is 0. The van der Waals surface area contributed by atoms with Crippen LogP contribution < -0.4 is 10.6 Å². The van der Waals surface area contributed by atoms with Crippen molar-refractivity contribution in [3.63, 3.8) is 0 Å². The first-order chi connectivity index (χ1) is 10.3. The molecule has 0 fully saturated rings. The van der Waals surface area contributed by atoms with Crippen LogP contribution in [-0.4, -0.2) is 22.9 Å². The van der Waals surface area contributed by atoms with Gasteiger partial charge in [-0.15, -0.1) is 0 Å². The number of anilines is 2. The first kappa shape index (κ1) is 13.1. The number of benzene rings is 1. The number of hydrogen-bond donors (Lipinski definition) is 2. The summed E-state index contributed by atoms with van der Waals surface area (Å²) in [5.74, 6) is -0.182. The summed E-state index contributed by atoms with van der Waals surface area (Å²) in [7, 11) is 1.76. The fraction of sp³-hybridized carbons (Fsp3) is 0.0625. The second kappa shape index (κ2) is 5.58. The number of pyridine rings is 2. The molecule has 0 saturated heterocycles. The Kier molecular flexibility index (Phi) is 3.47. The summed E-state index contributed by atoms with van der Waals surface area (Å²) in [5, 5.41) is 6.80. The first-order valence-electron chi connectivity index (χ1n) is 6.56. The standard InChI is InChI=1S/C16H14N4O/c1-17-15-10-18-9-7-12(15)16(21)20-14-6-2-5-13-11(14)4-3-8-19-13/h2-10,17H,1H3,(H,20,21). The molecule has 0 radical (unpaired) electrons. The van der Waals surface area contributed by atoms with Gasteiger partial charge in [-0.3, -0.25) is 14.8 Å². The lowest BCUT2D eigenvalue weighted by atomic mass is 10.1. The van der Waals surface area contributed by atoms with E-state index in [2.05, 4.69) is 20.6 Å². The van der Waals surface area contributed by atoms with Gasteiger partial charge in [-0.25, -0.2) is 0 Å². The fourth-order valence-corrected chi connectivity index (χ4v) is 2.19. The minimum Gasteiger partial charge on any atom is -0.386 e. The Balaban J connectivity index is 1.97. The van der Waals surface area contributed by atoms with Gasteiger partial charge in [-0.2, -0.15) is 0 Å². The van der Waals surface area contributed by atoms with Crippen molar-refractivity contribution in [2.24, 2.45) is 0 Å². The monoisotopic (exact) mass is 278 g/mol. The highest BCUT2D eigenvalue weighted by atomic mass is 16.1. The summed E-state index contributed by atoms with van der Waals surface area (Å²) in [6, 6.07) is 11.1. The summed E-state index contributed by atoms with van der Waals surface area (Å²) in [4.78, 5) is 20.7. The molecule has 21 heavy (non-hydrogen) atoms. The topological polar surface area (TPSA) is 66.9 Å². The van der Waals surface area contributed by atoms with Crippen molar-refractivity contribution in [2.45, 2.75) is 0 Å². The summed E-state index contributed by atoms with van der Waals surface area (Å²) in [5.41, 5.74) is 2.82. The first-order valence-corrected chi connectivity index (χ1v) is 6.56. The van der Waals surface area contributed by atoms with Crippen LogP contribution in [0.4, 0.5) is 11.4 Å². The van der Waals surface area contributed by atoms with Crippen LogP contribution in [0.1, 0.15) is 10.4 Å². The third-order valence-corrected chi connectivity index (χ3v) is 3.23. The molecule has 3 rings (SSSR count). The molecule has 1 aromatic carbocycles. The summed E-state index contributed by atoms with van der Waals surface area (Å²) in [6.07, 6.45) is 4.95. The van der Waals surface area contributed by atoms with Gasteiger partial charge in [0.25, 0.3) is 5.91 Å². The Hall–Kier alpha value is -2.95. The second-order valence-corrected chi connectivity index (χ2v) is 4.50. The SMILES string of the molecule is CNc1cnccc1C(=O)Nc1cccc2ncccc12. The minimum atomic E-state index is -0.182. The Morgan fingerprint density at radius 2 is 1.95 bits per heavy atom. The number of carbonyl (C=O) groups is 1. The zero-order chi connectivity index (χ0) is 14.7. The molecule has 0 saturated carbocycles. The van der Waals surface area contributed by atoms with Crippen LogP contribution in [0.3, 0.4) is 0 Å². The van der Waals surface area contributed by atoms with Crippen molar-refractivity contribution < 1.29 is 4.79 Å². The number of rotatable bonds is 3. The molecule has 2 N–H and O–H groups in total. The quantitative estimate of drug-likeness (QED) is 0.773. The van der Waals surface area contributed by atoms with Crippen LogP contribution in [0, 0.1) is 0 Å². The highest BCUT2D eigenvalue weighted by Gasteiger charge is 2.12. The zero-order valence-electron chi connectivity index (χ0n) is 11.5. The van der Waals surface area contributed by atoms with Crippen molar-refractivity contribution in [2.75, 3.05) is 17.7 Å². The molecule has 5 nitrogen and oxygen atoms in total. The third kappa shape index (κ3) is 2.53. The lowest BCUT2D eigenvalue weighted by molar-refractivity contribution is 0.102. The molecular weight excluding hydrogens is 264 g/mol. The molecule has 5 heteroatoms. The lowest BCUT2D eigenvalue weighted by Crippen LogP contribution is -2.14. The molecule has 0 bridgehead atoms. The van der Waals surface area contributed by atoms with Crippen LogP contribution >= 0.6 is 0 Å². The Labute approximate surface area is 122 Å². The summed E-state index contributed by atoms with van der Waals surface area (Å²) in [6.45, 7) is 0. The highest BCUT2D eigenvalue weighted by Crippen LogP contribution is 2.23. The average molecular weight is 278 g/mol. The molecule has 3 aromatic rings. The number of amides is 1. The van der Waals surface area contributed by atoms with Crippen LogP contribution in [0.25, 0.3) is 10.9 Å². The molecule has 0 aliphatic heterocycles. The van der Waals surface area contributed by atoms with Gasteiger partial charge in [0.05, 0.1) is 28.7 Å². The number of aromatic nitrogens is 2. The fourth-order valence-electron chi connectivity index (χ4n) is 2.19. The van der Waals surface area contributed by atoms with E-state index in [1.165, 1.54) is 0 Å². The maximum Gasteiger partial charge on any atom is 0.257 e. The number of fused-ring (bicyclic) bond motifs is 1. The average Bonchev–Trinajstić information content (AvgIpc) is 2.55. The zero-order valence-corrected chi connectivity index (χ0v) is 11.5. The van der Waals surface area contributed by atoms with E-state index in [0.29, 0.717) is 11.3 Å². The van der Waals surface area contributed by atoms with Gasteiger partial charge in [-0.05, 0) is 30.3 Å². The normalized spacial score (nSPS) is 10.3.